The summed E-state index contributed by atoms with van der Waals surface area (Å²) in [6, 6.07) is -0.298. The van der Waals surface area contributed by atoms with Gasteiger partial charge < -0.3 is 20.1 Å². The van der Waals surface area contributed by atoms with Gasteiger partial charge in [0, 0.05) is 31.7 Å². The molecule has 2 saturated heterocycles. The molecule has 0 radical (unpaired) electrons. The highest BCUT2D eigenvalue weighted by molar-refractivity contribution is 5.76. The number of ether oxygens (including phenoxy) is 1. The number of hydrogen-bond acceptors (Lipinski definition) is 3. The second-order valence-corrected chi connectivity index (χ2v) is 5.75. The first-order valence-corrected chi connectivity index (χ1v) is 7.46. The summed E-state index contributed by atoms with van der Waals surface area (Å²) in [6.07, 6.45) is 3.92. The largest absolute Gasteiger partial charge is 0.481 e. The summed E-state index contributed by atoms with van der Waals surface area (Å²) < 4.78 is 5.47. The van der Waals surface area contributed by atoms with Gasteiger partial charge in [0.05, 0.1) is 12.5 Å². The predicted octanol–water partition coefficient (Wildman–Crippen LogP) is 1.45. The van der Waals surface area contributed by atoms with Crippen molar-refractivity contribution in [2.24, 2.45) is 5.92 Å². The smallest absolute Gasteiger partial charge is 0.317 e. The number of amides is 2. The van der Waals surface area contributed by atoms with E-state index in [0.29, 0.717) is 19.0 Å². The highest BCUT2D eigenvalue weighted by atomic mass is 16.5. The number of carbonyl (C=O) groups is 2. The molecule has 3 unspecified atom stereocenters. The van der Waals surface area contributed by atoms with Gasteiger partial charge in [0.15, 0.2) is 0 Å². The minimum absolute atomic E-state index is 0.0381. The van der Waals surface area contributed by atoms with Gasteiger partial charge in [0.25, 0.3) is 0 Å². The molecule has 0 bridgehead atoms. The number of likely N-dealkylation sites (tertiary alicyclic amines) is 1. The molecule has 2 rings (SSSR count). The van der Waals surface area contributed by atoms with Crippen LogP contribution in [0.5, 0.6) is 0 Å². The number of hydrogen-bond donors (Lipinski definition) is 2. The van der Waals surface area contributed by atoms with Crippen LogP contribution in [-0.4, -0.2) is 53.8 Å². The number of nitrogens with zero attached hydrogens (tertiary/aromatic N) is 1. The summed E-state index contributed by atoms with van der Waals surface area (Å²) in [4.78, 5) is 24.8. The molecule has 2 N–H and O–H groups in total. The maximum atomic E-state index is 12.2. The van der Waals surface area contributed by atoms with E-state index >= 15 is 0 Å². The molecule has 0 aliphatic carbocycles. The van der Waals surface area contributed by atoms with E-state index in [1.807, 2.05) is 6.92 Å². The summed E-state index contributed by atoms with van der Waals surface area (Å²) >= 11 is 0. The standard InChI is InChI=1S/C14H24N2O4/c1-10-11(5-7-20-10)9-15-14(19)16-6-3-2-4-12(16)8-13(17)18/h10-12H,2-9H2,1H3,(H,15,19)(H,17,18). The zero-order valence-electron chi connectivity index (χ0n) is 12.0. The number of carboxylic acid groups (broad SMARTS) is 1. The third-order valence-electron chi connectivity index (χ3n) is 4.35. The molecule has 0 aromatic carbocycles. The Morgan fingerprint density at radius 2 is 2.15 bits per heavy atom. The van der Waals surface area contributed by atoms with E-state index in [9.17, 15) is 9.59 Å². The van der Waals surface area contributed by atoms with Gasteiger partial charge in [-0.1, -0.05) is 0 Å². The van der Waals surface area contributed by atoms with Crippen LogP contribution in [0.4, 0.5) is 4.79 Å². The van der Waals surface area contributed by atoms with Gasteiger partial charge in [-0.3, -0.25) is 4.79 Å². The normalized spacial score (nSPS) is 30.2. The second-order valence-electron chi connectivity index (χ2n) is 5.75. The quantitative estimate of drug-likeness (QED) is 0.819. The van der Waals surface area contributed by atoms with Crippen LogP contribution in [-0.2, 0) is 9.53 Å². The average Bonchev–Trinajstić information content (AvgIpc) is 2.81. The van der Waals surface area contributed by atoms with Crippen molar-refractivity contribution in [1.82, 2.24) is 10.2 Å². The Kier molecular flexibility index (Phi) is 5.23. The van der Waals surface area contributed by atoms with Crippen molar-refractivity contribution >= 4 is 12.0 Å². The molecule has 2 aliphatic heterocycles. The lowest BCUT2D eigenvalue weighted by atomic mass is 9.99. The van der Waals surface area contributed by atoms with Gasteiger partial charge in [0.1, 0.15) is 0 Å². The molecule has 2 aliphatic rings. The van der Waals surface area contributed by atoms with E-state index in [1.165, 1.54) is 0 Å². The van der Waals surface area contributed by atoms with E-state index in [0.717, 1.165) is 32.3 Å². The molecular formula is C14H24N2O4. The van der Waals surface area contributed by atoms with E-state index in [-0.39, 0.29) is 24.6 Å². The molecule has 2 amide bonds. The maximum Gasteiger partial charge on any atom is 0.317 e. The van der Waals surface area contributed by atoms with Gasteiger partial charge in [-0.2, -0.15) is 0 Å². The van der Waals surface area contributed by atoms with Gasteiger partial charge in [-0.25, -0.2) is 4.79 Å². The van der Waals surface area contributed by atoms with Crippen molar-refractivity contribution in [3.8, 4) is 0 Å². The van der Waals surface area contributed by atoms with Crippen LogP contribution in [0.15, 0.2) is 0 Å². The predicted molar refractivity (Wildman–Crippen MR) is 73.5 cm³/mol. The van der Waals surface area contributed by atoms with Crippen LogP contribution < -0.4 is 5.32 Å². The number of carboxylic acids is 1. The third-order valence-corrected chi connectivity index (χ3v) is 4.35. The van der Waals surface area contributed by atoms with E-state index in [4.69, 9.17) is 9.84 Å². The topological polar surface area (TPSA) is 78.9 Å². The van der Waals surface area contributed by atoms with Crippen LogP contribution in [0.1, 0.15) is 39.0 Å². The second kappa shape index (κ2) is 6.92. The fraction of sp³-hybridized carbons (Fsp3) is 0.857. The van der Waals surface area contributed by atoms with E-state index in [1.54, 1.807) is 4.90 Å². The lowest BCUT2D eigenvalue weighted by Crippen LogP contribution is -2.50. The molecule has 0 saturated carbocycles. The van der Waals surface area contributed by atoms with Crippen molar-refractivity contribution in [3.63, 3.8) is 0 Å². The van der Waals surface area contributed by atoms with Crippen LogP contribution in [0.2, 0.25) is 0 Å². The van der Waals surface area contributed by atoms with Crippen LogP contribution in [0.3, 0.4) is 0 Å². The lowest BCUT2D eigenvalue weighted by Gasteiger charge is -2.35. The molecule has 0 aromatic heterocycles. The van der Waals surface area contributed by atoms with Gasteiger partial charge in [-0.05, 0) is 32.6 Å². The highest BCUT2D eigenvalue weighted by Gasteiger charge is 2.30. The van der Waals surface area contributed by atoms with Crippen molar-refractivity contribution in [2.75, 3.05) is 19.7 Å². The SMILES string of the molecule is CC1OCCC1CNC(=O)N1CCCCC1CC(=O)O. The number of nitrogens with one attached hydrogen (secondary N) is 1. The zero-order chi connectivity index (χ0) is 14.5. The summed E-state index contributed by atoms with van der Waals surface area (Å²) in [7, 11) is 0. The maximum absolute atomic E-state index is 12.2. The molecule has 2 heterocycles. The number of urea groups is 1. The Bertz CT molecular complexity index is 361. The highest BCUT2D eigenvalue weighted by Crippen LogP contribution is 2.21. The average molecular weight is 284 g/mol. The molecule has 0 aromatic rings. The Balaban J connectivity index is 1.84. The molecule has 0 spiro atoms. The van der Waals surface area contributed by atoms with Crippen LogP contribution in [0.25, 0.3) is 0 Å². The van der Waals surface area contributed by atoms with Crippen molar-refractivity contribution in [1.29, 1.82) is 0 Å². The third kappa shape index (κ3) is 3.85. The first-order valence-electron chi connectivity index (χ1n) is 7.46. The molecule has 114 valence electrons. The fourth-order valence-corrected chi connectivity index (χ4v) is 3.05. The lowest BCUT2D eigenvalue weighted by molar-refractivity contribution is -0.138. The van der Waals surface area contributed by atoms with Gasteiger partial charge in [0.2, 0.25) is 0 Å². The Hall–Kier alpha value is -1.30. The van der Waals surface area contributed by atoms with Crippen molar-refractivity contribution in [3.05, 3.63) is 0 Å². The summed E-state index contributed by atoms with van der Waals surface area (Å²) in [5.74, 6) is -0.478. The Labute approximate surface area is 119 Å². The molecule has 6 heteroatoms. The number of piperidine rings is 1. The monoisotopic (exact) mass is 284 g/mol. The van der Waals surface area contributed by atoms with Crippen LogP contribution in [0, 0.1) is 5.92 Å². The molecule has 6 nitrogen and oxygen atoms in total. The Morgan fingerprint density at radius 1 is 1.35 bits per heavy atom. The van der Waals surface area contributed by atoms with Crippen molar-refractivity contribution in [2.45, 2.75) is 51.2 Å². The first kappa shape index (κ1) is 15.1. The first-order chi connectivity index (χ1) is 9.58. The molecule has 20 heavy (non-hydrogen) atoms. The minimum atomic E-state index is -0.840. The van der Waals surface area contributed by atoms with E-state index in [2.05, 4.69) is 5.32 Å². The molecule has 2 fully saturated rings. The number of carbonyl (C=O) groups excluding carboxylic acids is 1. The van der Waals surface area contributed by atoms with Crippen molar-refractivity contribution < 1.29 is 19.4 Å². The number of aliphatic carboxylic acids is 1. The summed E-state index contributed by atoms with van der Waals surface area (Å²) in [5, 5.41) is 11.9. The minimum Gasteiger partial charge on any atom is -0.481 e. The zero-order valence-corrected chi connectivity index (χ0v) is 12.0. The Morgan fingerprint density at radius 3 is 2.80 bits per heavy atom. The molecular weight excluding hydrogens is 260 g/mol. The number of rotatable bonds is 4. The van der Waals surface area contributed by atoms with E-state index < -0.39 is 5.97 Å². The molecule has 3 atom stereocenters. The summed E-state index contributed by atoms with van der Waals surface area (Å²) in [6.45, 7) is 4.04. The fourth-order valence-electron chi connectivity index (χ4n) is 3.05. The van der Waals surface area contributed by atoms with Gasteiger partial charge in [-0.15, -0.1) is 0 Å². The van der Waals surface area contributed by atoms with Gasteiger partial charge >= 0.3 is 12.0 Å². The van der Waals surface area contributed by atoms with Crippen LogP contribution >= 0.6 is 0 Å². The summed E-state index contributed by atoms with van der Waals surface area (Å²) in [5.41, 5.74) is 0.